The first-order valence-corrected chi connectivity index (χ1v) is 16.4. The summed E-state index contributed by atoms with van der Waals surface area (Å²) in [6, 6.07) is 63.4. The van der Waals surface area contributed by atoms with Gasteiger partial charge >= 0.3 is 0 Å². The molecule has 0 atom stereocenters. The zero-order valence-electron chi connectivity index (χ0n) is 26.1. The molecule has 0 saturated heterocycles. The molecular formula is C46H29NO. The monoisotopic (exact) mass is 611 g/mol. The number of nitrogens with zero attached hydrogens (tertiary/aromatic N) is 1. The van der Waals surface area contributed by atoms with Crippen LogP contribution in [0.15, 0.2) is 180 Å². The van der Waals surface area contributed by atoms with Gasteiger partial charge in [0, 0.05) is 16.5 Å². The number of benzene rings is 9. The van der Waals surface area contributed by atoms with E-state index in [1.807, 2.05) is 6.07 Å². The maximum absolute atomic E-state index is 6.42. The minimum atomic E-state index is 0.877. The number of rotatable bonds is 4. The maximum Gasteiger partial charge on any atom is 0.137 e. The van der Waals surface area contributed by atoms with Gasteiger partial charge in [0.1, 0.15) is 11.2 Å². The smallest absolute Gasteiger partial charge is 0.137 e. The third-order valence-corrected chi connectivity index (χ3v) is 9.83. The molecule has 0 aliphatic carbocycles. The van der Waals surface area contributed by atoms with Crippen molar-refractivity contribution < 1.29 is 4.42 Å². The third kappa shape index (κ3) is 4.06. The lowest BCUT2D eigenvalue weighted by Gasteiger charge is -2.28. The van der Waals surface area contributed by atoms with E-state index in [4.69, 9.17) is 4.42 Å². The van der Waals surface area contributed by atoms with Crippen LogP contribution >= 0.6 is 0 Å². The zero-order chi connectivity index (χ0) is 31.6. The van der Waals surface area contributed by atoms with Crippen molar-refractivity contribution in [3.63, 3.8) is 0 Å². The first-order valence-electron chi connectivity index (χ1n) is 16.4. The molecule has 0 unspecified atom stereocenters. The summed E-state index contributed by atoms with van der Waals surface area (Å²) in [6.45, 7) is 0. The Hall–Kier alpha value is -6.38. The molecule has 9 aromatic carbocycles. The van der Waals surface area contributed by atoms with Crippen LogP contribution in [0.4, 0.5) is 17.1 Å². The lowest BCUT2D eigenvalue weighted by molar-refractivity contribution is 0.669. The van der Waals surface area contributed by atoms with Gasteiger partial charge in [-0.2, -0.15) is 0 Å². The highest BCUT2D eigenvalue weighted by Gasteiger charge is 2.22. The van der Waals surface area contributed by atoms with Crippen LogP contribution < -0.4 is 4.90 Å². The van der Waals surface area contributed by atoms with E-state index in [0.717, 1.165) is 39.0 Å². The van der Waals surface area contributed by atoms with Gasteiger partial charge < -0.3 is 9.32 Å². The summed E-state index contributed by atoms with van der Waals surface area (Å²) in [5.41, 5.74) is 7.49. The van der Waals surface area contributed by atoms with Gasteiger partial charge in [-0.05, 0) is 85.2 Å². The zero-order valence-corrected chi connectivity index (χ0v) is 26.1. The number of para-hydroxylation sites is 1. The van der Waals surface area contributed by atoms with Crippen LogP contribution in [0.2, 0.25) is 0 Å². The van der Waals surface area contributed by atoms with Crippen molar-refractivity contribution in [2.75, 3.05) is 4.90 Å². The first-order chi connectivity index (χ1) is 23.8. The maximum atomic E-state index is 6.42. The molecule has 0 aliphatic heterocycles. The summed E-state index contributed by atoms with van der Waals surface area (Å²) in [5, 5.41) is 12.1. The summed E-state index contributed by atoms with van der Waals surface area (Å²) >= 11 is 0. The minimum Gasteiger partial charge on any atom is -0.456 e. The number of fused-ring (bicyclic) bond motifs is 9. The van der Waals surface area contributed by atoms with Gasteiger partial charge in [0.25, 0.3) is 0 Å². The predicted octanol–water partition coefficient (Wildman–Crippen LogP) is 13.3. The van der Waals surface area contributed by atoms with Gasteiger partial charge in [-0.25, -0.2) is 0 Å². The topological polar surface area (TPSA) is 16.4 Å². The van der Waals surface area contributed by atoms with Crippen LogP contribution in [-0.2, 0) is 0 Å². The molecule has 2 heteroatoms. The van der Waals surface area contributed by atoms with E-state index in [2.05, 4.69) is 175 Å². The normalized spacial score (nSPS) is 11.8. The van der Waals surface area contributed by atoms with Crippen molar-refractivity contribution in [3.8, 4) is 11.1 Å². The Morgan fingerprint density at radius 1 is 0.354 bits per heavy atom. The Kier molecular flexibility index (Phi) is 5.91. The van der Waals surface area contributed by atoms with Crippen molar-refractivity contribution >= 4 is 82.1 Å². The van der Waals surface area contributed by atoms with E-state index in [-0.39, 0.29) is 0 Å². The number of hydrogen-bond donors (Lipinski definition) is 0. The molecule has 0 N–H and O–H groups in total. The van der Waals surface area contributed by atoms with E-state index in [1.165, 1.54) is 54.2 Å². The van der Waals surface area contributed by atoms with Gasteiger partial charge in [-0.1, -0.05) is 140 Å². The molecule has 1 heterocycles. The largest absolute Gasteiger partial charge is 0.456 e. The second-order valence-corrected chi connectivity index (χ2v) is 12.5. The molecule has 0 bridgehead atoms. The van der Waals surface area contributed by atoms with Gasteiger partial charge in [0.2, 0.25) is 0 Å². The molecule has 0 amide bonds. The molecule has 0 saturated carbocycles. The van der Waals surface area contributed by atoms with Gasteiger partial charge in [-0.15, -0.1) is 0 Å². The predicted molar refractivity (Wildman–Crippen MR) is 204 cm³/mol. The van der Waals surface area contributed by atoms with Crippen LogP contribution in [0, 0.1) is 0 Å². The van der Waals surface area contributed by atoms with Crippen LogP contribution in [0.3, 0.4) is 0 Å². The molecule has 10 aromatic rings. The van der Waals surface area contributed by atoms with Crippen LogP contribution in [0.5, 0.6) is 0 Å². The third-order valence-electron chi connectivity index (χ3n) is 9.83. The summed E-state index contributed by atoms with van der Waals surface area (Å²) < 4.78 is 6.42. The van der Waals surface area contributed by atoms with Crippen molar-refractivity contribution in [1.29, 1.82) is 0 Å². The molecule has 0 spiro atoms. The fraction of sp³-hybridized carbons (Fsp3) is 0. The standard InChI is InChI=1S/C46H29NO/c1-3-14-34-30(11-1)13-9-19-35(34)32-23-26-33(27-24-32)47(42-20-10-22-45-46(42)40-18-7-8-21-44(40)48-45)43-29-41-36-15-4-2-12-31(36)25-28-38(41)37-16-5-6-17-39(37)43/h1-29H. The Morgan fingerprint density at radius 3 is 1.79 bits per heavy atom. The molecule has 10 rings (SSSR count). The second-order valence-electron chi connectivity index (χ2n) is 12.5. The molecule has 48 heavy (non-hydrogen) atoms. The van der Waals surface area contributed by atoms with E-state index < -0.39 is 0 Å². The highest BCUT2D eigenvalue weighted by atomic mass is 16.3. The number of hydrogen-bond acceptors (Lipinski definition) is 2. The average molecular weight is 612 g/mol. The quantitative estimate of drug-likeness (QED) is 0.184. The molecule has 1 aromatic heterocycles. The van der Waals surface area contributed by atoms with Crippen molar-refractivity contribution in [3.05, 3.63) is 176 Å². The van der Waals surface area contributed by atoms with Crippen LogP contribution in [-0.4, -0.2) is 0 Å². The van der Waals surface area contributed by atoms with E-state index in [0.29, 0.717) is 0 Å². The van der Waals surface area contributed by atoms with Crippen molar-refractivity contribution in [1.82, 2.24) is 0 Å². The molecule has 0 radical (unpaired) electrons. The molecule has 0 fully saturated rings. The molecule has 224 valence electrons. The highest BCUT2D eigenvalue weighted by Crippen LogP contribution is 2.47. The van der Waals surface area contributed by atoms with E-state index >= 15 is 0 Å². The summed E-state index contributed by atoms with van der Waals surface area (Å²) in [6.07, 6.45) is 0. The van der Waals surface area contributed by atoms with E-state index in [9.17, 15) is 0 Å². The number of furan rings is 1. The van der Waals surface area contributed by atoms with Gasteiger partial charge in [0.05, 0.1) is 16.8 Å². The fourth-order valence-electron chi connectivity index (χ4n) is 7.64. The highest BCUT2D eigenvalue weighted by molar-refractivity contribution is 6.22. The Balaban J connectivity index is 1.28. The van der Waals surface area contributed by atoms with Crippen molar-refractivity contribution in [2.45, 2.75) is 0 Å². The molecule has 0 aliphatic rings. The van der Waals surface area contributed by atoms with Crippen LogP contribution in [0.1, 0.15) is 0 Å². The Labute approximate surface area is 277 Å². The van der Waals surface area contributed by atoms with E-state index in [1.54, 1.807) is 0 Å². The minimum absolute atomic E-state index is 0.877. The molecule has 2 nitrogen and oxygen atoms in total. The van der Waals surface area contributed by atoms with Crippen molar-refractivity contribution in [2.24, 2.45) is 0 Å². The SMILES string of the molecule is c1ccc2c(-c3ccc(N(c4cc5c6ccccc6ccc5c5ccccc45)c4cccc5oc6ccccc6c45)cc3)cccc2c1. The second kappa shape index (κ2) is 10.6. The van der Waals surface area contributed by atoms with Crippen LogP contribution in [0.25, 0.3) is 76.2 Å². The Morgan fingerprint density at radius 2 is 0.958 bits per heavy atom. The molecular weight excluding hydrogens is 583 g/mol. The summed E-state index contributed by atoms with van der Waals surface area (Å²) in [5.74, 6) is 0. The van der Waals surface area contributed by atoms with Gasteiger partial charge in [0.15, 0.2) is 0 Å². The number of anilines is 3. The fourth-order valence-corrected chi connectivity index (χ4v) is 7.64. The summed E-state index contributed by atoms with van der Waals surface area (Å²) in [7, 11) is 0. The average Bonchev–Trinajstić information content (AvgIpc) is 3.54. The first kappa shape index (κ1) is 26.8. The summed E-state index contributed by atoms with van der Waals surface area (Å²) in [4.78, 5) is 2.43. The lowest BCUT2D eigenvalue weighted by atomic mass is 9.94. The van der Waals surface area contributed by atoms with Gasteiger partial charge in [-0.3, -0.25) is 0 Å². The Bertz CT molecular complexity index is 2840. The lowest BCUT2D eigenvalue weighted by Crippen LogP contribution is -2.11.